The zero-order chi connectivity index (χ0) is 20.9. The lowest BCUT2D eigenvalue weighted by Gasteiger charge is -2.31. The summed E-state index contributed by atoms with van der Waals surface area (Å²) < 4.78 is 5.18. The molecule has 2 aliphatic rings. The number of nitrogens with zero attached hydrogens (tertiary/aromatic N) is 2. The number of nitrogens with one attached hydrogen (secondary N) is 1. The zero-order valence-electron chi connectivity index (χ0n) is 16.8. The zero-order valence-corrected chi connectivity index (χ0v) is 16.8. The van der Waals surface area contributed by atoms with E-state index in [1.807, 2.05) is 31.2 Å². The molecule has 29 heavy (non-hydrogen) atoms. The summed E-state index contributed by atoms with van der Waals surface area (Å²) in [6, 6.07) is 9.65. The molecular formula is C22H27N3O4. The molecular weight excluding hydrogens is 370 g/mol. The standard InChI is InChI=1S/C22H27N3O4/c1-16-6-2-3-7-18(16)20(27)25-12-8-17(9-13-25)21(28)29-14-19(26)24-22(15-23)10-4-5-11-22/h2-3,6-7,17H,4-5,8-14H2,1H3,(H,24,26). The Balaban J connectivity index is 1.44. The number of likely N-dealkylation sites (tertiary alicyclic amines) is 1. The quantitative estimate of drug-likeness (QED) is 0.769. The van der Waals surface area contributed by atoms with Gasteiger partial charge in [-0.2, -0.15) is 5.26 Å². The number of rotatable bonds is 5. The lowest BCUT2D eigenvalue weighted by Crippen LogP contribution is -2.47. The van der Waals surface area contributed by atoms with Gasteiger partial charge in [-0.3, -0.25) is 14.4 Å². The van der Waals surface area contributed by atoms with Crippen molar-refractivity contribution in [1.29, 1.82) is 5.26 Å². The number of ether oxygens (including phenoxy) is 1. The molecule has 7 heteroatoms. The van der Waals surface area contributed by atoms with Crippen molar-refractivity contribution >= 4 is 17.8 Å². The van der Waals surface area contributed by atoms with E-state index >= 15 is 0 Å². The number of amides is 2. The molecule has 2 fully saturated rings. The van der Waals surface area contributed by atoms with Crippen LogP contribution in [0, 0.1) is 24.2 Å². The fraction of sp³-hybridized carbons (Fsp3) is 0.545. The van der Waals surface area contributed by atoms with Crippen molar-refractivity contribution in [1.82, 2.24) is 10.2 Å². The molecule has 1 aliphatic heterocycles. The van der Waals surface area contributed by atoms with Crippen LogP contribution in [0.1, 0.15) is 54.4 Å². The fourth-order valence-corrected chi connectivity index (χ4v) is 4.10. The summed E-state index contributed by atoms with van der Waals surface area (Å²) >= 11 is 0. The number of carbonyl (C=O) groups excluding carboxylic acids is 3. The molecule has 1 heterocycles. The Labute approximate surface area is 171 Å². The van der Waals surface area contributed by atoms with Gasteiger partial charge in [-0.1, -0.05) is 18.2 Å². The van der Waals surface area contributed by atoms with Gasteiger partial charge in [0.05, 0.1) is 12.0 Å². The summed E-state index contributed by atoms with van der Waals surface area (Å²) in [7, 11) is 0. The largest absolute Gasteiger partial charge is 0.455 e. The van der Waals surface area contributed by atoms with Crippen LogP contribution in [0.2, 0.25) is 0 Å². The molecule has 3 rings (SSSR count). The van der Waals surface area contributed by atoms with Crippen molar-refractivity contribution in [2.24, 2.45) is 5.92 Å². The predicted molar refractivity (Wildman–Crippen MR) is 106 cm³/mol. The second kappa shape index (κ2) is 9.08. The van der Waals surface area contributed by atoms with Crippen LogP contribution in [0.3, 0.4) is 0 Å². The van der Waals surface area contributed by atoms with E-state index < -0.39 is 17.4 Å². The summed E-state index contributed by atoms with van der Waals surface area (Å²) in [5, 5.41) is 12.0. The van der Waals surface area contributed by atoms with Gasteiger partial charge in [-0.15, -0.1) is 0 Å². The van der Waals surface area contributed by atoms with Gasteiger partial charge < -0.3 is 15.0 Å². The van der Waals surface area contributed by atoms with Crippen LogP contribution in [-0.2, 0) is 14.3 Å². The lowest BCUT2D eigenvalue weighted by atomic mass is 9.96. The molecule has 0 bridgehead atoms. The average Bonchev–Trinajstić information content (AvgIpc) is 3.21. The third kappa shape index (κ3) is 4.94. The van der Waals surface area contributed by atoms with Gasteiger partial charge >= 0.3 is 5.97 Å². The van der Waals surface area contributed by atoms with Gasteiger partial charge in [-0.05, 0) is 57.1 Å². The molecule has 154 valence electrons. The highest BCUT2D eigenvalue weighted by Crippen LogP contribution is 2.28. The number of piperidine rings is 1. The SMILES string of the molecule is Cc1ccccc1C(=O)N1CCC(C(=O)OCC(=O)NC2(C#N)CCCC2)CC1. The molecule has 1 N–H and O–H groups in total. The fourth-order valence-electron chi connectivity index (χ4n) is 4.10. The topological polar surface area (TPSA) is 99.5 Å². The van der Waals surface area contributed by atoms with E-state index in [2.05, 4.69) is 11.4 Å². The monoisotopic (exact) mass is 397 g/mol. The van der Waals surface area contributed by atoms with Gasteiger partial charge in [0.1, 0.15) is 5.54 Å². The first-order valence-electron chi connectivity index (χ1n) is 10.2. The Morgan fingerprint density at radius 2 is 1.86 bits per heavy atom. The second-order valence-electron chi connectivity index (χ2n) is 7.94. The minimum Gasteiger partial charge on any atom is -0.455 e. The van der Waals surface area contributed by atoms with Crippen LogP contribution in [-0.4, -0.2) is 47.9 Å². The van der Waals surface area contributed by atoms with E-state index in [1.165, 1.54) is 0 Å². The molecule has 7 nitrogen and oxygen atoms in total. The Morgan fingerprint density at radius 1 is 1.21 bits per heavy atom. The summed E-state index contributed by atoms with van der Waals surface area (Å²) in [6.45, 7) is 2.50. The van der Waals surface area contributed by atoms with Crippen molar-refractivity contribution in [2.75, 3.05) is 19.7 Å². The smallest absolute Gasteiger partial charge is 0.309 e. The Bertz CT molecular complexity index is 816. The van der Waals surface area contributed by atoms with Crippen molar-refractivity contribution in [3.8, 4) is 6.07 Å². The van der Waals surface area contributed by atoms with E-state index in [0.717, 1.165) is 18.4 Å². The van der Waals surface area contributed by atoms with E-state index in [9.17, 15) is 19.6 Å². The molecule has 2 amide bonds. The summed E-state index contributed by atoms with van der Waals surface area (Å²) in [6.07, 6.45) is 4.12. The molecule has 1 saturated heterocycles. The van der Waals surface area contributed by atoms with Crippen LogP contribution in [0.4, 0.5) is 0 Å². The first-order valence-corrected chi connectivity index (χ1v) is 10.2. The molecule has 1 saturated carbocycles. The van der Waals surface area contributed by atoms with Crippen molar-refractivity contribution in [2.45, 2.75) is 51.0 Å². The van der Waals surface area contributed by atoms with Gasteiger partial charge in [0, 0.05) is 18.7 Å². The van der Waals surface area contributed by atoms with Gasteiger partial charge in [0.15, 0.2) is 6.61 Å². The molecule has 1 aliphatic carbocycles. The molecule has 0 aromatic heterocycles. The highest BCUT2D eigenvalue weighted by molar-refractivity contribution is 5.95. The number of benzene rings is 1. The average molecular weight is 397 g/mol. The van der Waals surface area contributed by atoms with E-state index in [4.69, 9.17) is 4.74 Å². The van der Waals surface area contributed by atoms with Crippen LogP contribution in [0.25, 0.3) is 0 Å². The Morgan fingerprint density at radius 3 is 2.48 bits per heavy atom. The third-order valence-corrected chi connectivity index (χ3v) is 5.89. The second-order valence-corrected chi connectivity index (χ2v) is 7.94. The maximum atomic E-state index is 12.7. The van der Waals surface area contributed by atoms with E-state index in [0.29, 0.717) is 44.3 Å². The van der Waals surface area contributed by atoms with Gasteiger partial charge in [0.2, 0.25) is 0 Å². The third-order valence-electron chi connectivity index (χ3n) is 5.89. The number of hydrogen-bond donors (Lipinski definition) is 1. The minimum atomic E-state index is -0.815. The van der Waals surface area contributed by atoms with E-state index in [1.54, 1.807) is 4.90 Å². The van der Waals surface area contributed by atoms with E-state index in [-0.39, 0.29) is 18.4 Å². The van der Waals surface area contributed by atoms with Crippen LogP contribution in [0.15, 0.2) is 24.3 Å². The van der Waals surface area contributed by atoms with Gasteiger partial charge in [0.25, 0.3) is 11.8 Å². The van der Waals surface area contributed by atoms with Crippen molar-refractivity contribution in [3.63, 3.8) is 0 Å². The molecule has 0 radical (unpaired) electrons. The summed E-state index contributed by atoms with van der Waals surface area (Å²) in [5.74, 6) is -1.19. The first kappa shape index (κ1) is 20.8. The highest BCUT2D eigenvalue weighted by atomic mass is 16.5. The van der Waals surface area contributed by atoms with Crippen molar-refractivity contribution in [3.05, 3.63) is 35.4 Å². The van der Waals surface area contributed by atoms with Gasteiger partial charge in [-0.25, -0.2) is 0 Å². The summed E-state index contributed by atoms with van der Waals surface area (Å²) in [5.41, 5.74) is 0.802. The lowest BCUT2D eigenvalue weighted by molar-refractivity contribution is -0.154. The summed E-state index contributed by atoms with van der Waals surface area (Å²) in [4.78, 5) is 38.8. The maximum absolute atomic E-state index is 12.7. The Hall–Kier alpha value is -2.88. The molecule has 1 aromatic carbocycles. The molecule has 0 atom stereocenters. The number of nitriles is 1. The predicted octanol–water partition coefficient (Wildman–Crippen LogP) is 2.34. The van der Waals surface area contributed by atoms with Crippen LogP contribution < -0.4 is 5.32 Å². The molecule has 0 unspecified atom stereocenters. The first-order chi connectivity index (χ1) is 13.9. The molecule has 0 spiro atoms. The number of aryl methyl sites for hydroxylation is 1. The maximum Gasteiger partial charge on any atom is 0.309 e. The number of carbonyl (C=O) groups is 3. The van der Waals surface area contributed by atoms with Crippen LogP contribution in [0.5, 0.6) is 0 Å². The number of esters is 1. The van der Waals surface area contributed by atoms with Crippen molar-refractivity contribution < 1.29 is 19.1 Å². The Kier molecular flexibility index (Phi) is 6.53. The minimum absolute atomic E-state index is 0.0207. The molecule has 1 aromatic rings. The number of hydrogen-bond acceptors (Lipinski definition) is 5. The normalized spacial score (nSPS) is 18.7. The van der Waals surface area contributed by atoms with Crippen LogP contribution >= 0.6 is 0 Å². The highest BCUT2D eigenvalue weighted by Gasteiger charge is 2.36.